The predicted molar refractivity (Wildman–Crippen MR) is 104 cm³/mol. The summed E-state index contributed by atoms with van der Waals surface area (Å²) >= 11 is 1.49. The first kappa shape index (κ1) is 18.8. The van der Waals surface area contributed by atoms with Crippen molar-refractivity contribution in [3.8, 4) is 11.4 Å². The molecule has 1 atom stereocenters. The number of aromatic nitrogens is 2. The zero-order chi connectivity index (χ0) is 19.7. The van der Waals surface area contributed by atoms with E-state index in [1.165, 1.54) is 18.3 Å². The van der Waals surface area contributed by atoms with Crippen LogP contribution in [-0.4, -0.2) is 27.9 Å². The van der Waals surface area contributed by atoms with Crippen molar-refractivity contribution >= 4 is 33.4 Å². The zero-order valence-electron chi connectivity index (χ0n) is 15.2. The highest BCUT2D eigenvalue weighted by atomic mass is 32.1. The third-order valence-corrected chi connectivity index (χ3v) is 5.34. The first-order valence-corrected chi connectivity index (χ1v) is 9.26. The minimum absolute atomic E-state index is 0.171. The number of nitrogens with two attached hydrogens (primary N) is 1. The number of esters is 1. The van der Waals surface area contributed by atoms with Crippen LogP contribution in [0, 0.1) is 6.92 Å². The molecule has 0 aliphatic heterocycles. The van der Waals surface area contributed by atoms with Crippen molar-refractivity contribution in [2.75, 3.05) is 0 Å². The Hall–Kier alpha value is -3.00. The number of rotatable bonds is 5. The molecule has 0 unspecified atom stereocenters. The fourth-order valence-corrected chi connectivity index (χ4v) is 3.90. The van der Waals surface area contributed by atoms with Crippen molar-refractivity contribution in [2.24, 2.45) is 5.73 Å². The zero-order valence-corrected chi connectivity index (χ0v) is 16.0. The number of hydrogen-bond donors (Lipinski definition) is 2. The fraction of sp³-hybridized carbons (Fsp3) is 0.263. The van der Waals surface area contributed by atoms with Crippen LogP contribution >= 0.6 is 11.3 Å². The molecule has 0 radical (unpaired) electrons. The third kappa shape index (κ3) is 3.61. The van der Waals surface area contributed by atoms with E-state index in [9.17, 15) is 14.4 Å². The van der Waals surface area contributed by atoms with Gasteiger partial charge in [0.05, 0.1) is 10.9 Å². The highest BCUT2D eigenvalue weighted by Gasteiger charge is 2.17. The van der Waals surface area contributed by atoms with Gasteiger partial charge in [0, 0.05) is 10.4 Å². The third-order valence-electron chi connectivity index (χ3n) is 4.29. The van der Waals surface area contributed by atoms with E-state index >= 15 is 0 Å². The molecule has 0 spiro atoms. The molecular weight excluding hydrogens is 366 g/mol. The van der Waals surface area contributed by atoms with E-state index in [4.69, 9.17) is 10.5 Å². The van der Waals surface area contributed by atoms with Crippen LogP contribution in [0.2, 0.25) is 0 Å². The number of fused-ring (bicyclic) bond motifs is 1. The van der Waals surface area contributed by atoms with Crippen LogP contribution in [0.3, 0.4) is 0 Å². The van der Waals surface area contributed by atoms with Gasteiger partial charge in [0.2, 0.25) is 0 Å². The lowest BCUT2D eigenvalue weighted by atomic mass is 10.1. The number of primary amides is 1. The molecule has 0 saturated carbocycles. The highest BCUT2D eigenvalue weighted by molar-refractivity contribution is 7.18. The second-order valence-electron chi connectivity index (χ2n) is 6.11. The molecule has 0 fully saturated rings. The van der Waals surface area contributed by atoms with Gasteiger partial charge in [0.1, 0.15) is 10.7 Å². The van der Waals surface area contributed by atoms with Crippen molar-refractivity contribution < 1.29 is 14.3 Å². The van der Waals surface area contributed by atoms with E-state index < -0.39 is 18.0 Å². The Balaban J connectivity index is 1.92. The van der Waals surface area contributed by atoms with Crippen molar-refractivity contribution in [3.63, 3.8) is 0 Å². The summed E-state index contributed by atoms with van der Waals surface area (Å²) in [4.78, 5) is 44.7. The van der Waals surface area contributed by atoms with Crippen LogP contribution in [0.15, 0.2) is 29.1 Å². The SMILES string of the molecule is CCc1c(C)sc2nc(-c3ccc(C(=O)O[C@@H](C)C(N)=O)cc3)[nH]c(=O)c12. The fourth-order valence-electron chi connectivity index (χ4n) is 2.79. The number of nitrogens with zero attached hydrogens (tertiary/aromatic N) is 1. The van der Waals surface area contributed by atoms with E-state index in [0.717, 1.165) is 16.9 Å². The molecule has 0 bridgehead atoms. The summed E-state index contributed by atoms with van der Waals surface area (Å²) in [6.07, 6.45) is -0.233. The lowest BCUT2D eigenvalue weighted by molar-refractivity contribution is -0.125. The molecule has 2 heterocycles. The van der Waals surface area contributed by atoms with Crippen LogP contribution in [0.1, 0.15) is 34.6 Å². The predicted octanol–water partition coefficient (Wildman–Crippen LogP) is 2.55. The minimum Gasteiger partial charge on any atom is -0.449 e. The molecule has 3 rings (SSSR count). The van der Waals surface area contributed by atoms with Crippen molar-refractivity contribution in [2.45, 2.75) is 33.3 Å². The Kier molecular flexibility index (Phi) is 5.09. The molecular formula is C19H19N3O4S. The number of thiophene rings is 1. The average Bonchev–Trinajstić information content (AvgIpc) is 2.97. The smallest absolute Gasteiger partial charge is 0.338 e. The number of nitrogens with one attached hydrogen (secondary N) is 1. The van der Waals surface area contributed by atoms with Gasteiger partial charge < -0.3 is 15.5 Å². The number of aryl methyl sites for hydroxylation is 2. The van der Waals surface area contributed by atoms with Gasteiger partial charge in [-0.1, -0.05) is 19.1 Å². The first-order chi connectivity index (χ1) is 12.8. The Morgan fingerprint density at radius 3 is 2.56 bits per heavy atom. The van der Waals surface area contributed by atoms with E-state index in [1.54, 1.807) is 24.3 Å². The monoisotopic (exact) mass is 385 g/mol. The molecule has 140 valence electrons. The van der Waals surface area contributed by atoms with Gasteiger partial charge in [-0.2, -0.15) is 0 Å². The number of carbonyl (C=O) groups is 2. The molecule has 3 N–H and O–H groups in total. The number of H-pyrrole nitrogens is 1. The molecule has 1 amide bonds. The Morgan fingerprint density at radius 2 is 1.96 bits per heavy atom. The van der Waals surface area contributed by atoms with E-state index in [0.29, 0.717) is 21.6 Å². The summed E-state index contributed by atoms with van der Waals surface area (Å²) in [5.74, 6) is -0.930. The summed E-state index contributed by atoms with van der Waals surface area (Å²) in [5.41, 5.74) is 6.88. The van der Waals surface area contributed by atoms with Crippen LogP contribution in [0.25, 0.3) is 21.6 Å². The van der Waals surface area contributed by atoms with Gasteiger partial charge >= 0.3 is 5.97 Å². The molecule has 0 aliphatic rings. The standard InChI is InChI=1S/C19H19N3O4S/c1-4-13-10(3)27-18-14(13)17(24)21-16(22-18)11-5-7-12(8-6-11)19(25)26-9(2)15(20)23/h5-9H,4H2,1-3H3,(H2,20,23)(H,21,22,24)/t9-/m0/s1. The molecule has 0 aliphatic carbocycles. The summed E-state index contributed by atoms with van der Waals surface area (Å²) in [6.45, 7) is 5.41. The maximum Gasteiger partial charge on any atom is 0.338 e. The number of carbonyl (C=O) groups excluding carboxylic acids is 2. The maximum atomic E-state index is 12.5. The van der Waals surface area contributed by atoms with Crippen LogP contribution < -0.4 is 11.3 Å². The topological polar surface area (TPSA) is 115 Å². The second kappa shape index (κ2) is 7.32. The molecule has 7 nitrogen and oxygen atoms in total. The number of amides is 1. The Bertz CT molecular complexity index is 1080. The van der Waals surface area contributed by atoms with E-state index in [1.807, 2.05) is 13.8 Å². The van der Waals surface area contributed by atoms with Gasteiger partial charge in [0.15, 0.2) is 6.10 Å². The molecule has 3 aromatic rings. The summed E-state index contributed by atoms with van der Waals surface area (Å²) in [7, 11) is 0. The van der Waals surface area contributed by atoms with Crippen molar-refractivity contribution in [3.05, 3.63) is 50.6 Å². The van der Waals surface area contributed by atoms with Gasteiger partial charge in [0.25, 0.3) is 11.5 Å². The largest absolute Gasteiger partial charge is 0.449 e. The molecule has 27 heavy (non-hydrogen) atoms. The maximum absolute atomic E-state index is 12.5. The Morgan fingerprint density at radius 1 is 1.30 bits per heavy atom. The van der Waals surface area contributed by atoms with Gasteiger partial charge in [-0.05, 0) is 38.0 Å². The normalized spacial score (nSPS) is 12.1. The van der Waals surface area contributed by atoms with Gasteiger partial charge in [-0.25, -0.2) is 9.78 Å². The minimum atomic E-state index is -1.01. The van der Waals surface area contributed by atoms with E-state index in [2.05, 4.69) is 9.97 Å². The van der Waals surface area contributed by atoms with Crippen LogP contribution in [0.4, 0.5) is 0 Å². The summed E-state index contributed by atoms with van der Waals surface area (Å²) in [5, 5.41) is 0.643. The van der Waals surface area contributed by atoms with Gasteiger partial charge in [-0.3, -0.25) is 9.59 Å². The summed E-state index contributed by atoms with van der Waals surface area (Å²) in [6, 6.07) is 6.42. The van der Waals surface area contributed by atoms with Crippen molar-refractivity contribution in [1.29, 1.82) is 0 Å². The quantitative estimate of drug-likeness (QED) is 0.655. The Labute approximate surface area is 159 Å². The van der Waals surface area contributed by atoms with Crippen molar-refractivity contribution in [1.82, 2.24) is 9.97 Å². The van der Waals surface area contributed by atoms with Crippen LogP contribution in [0.5, 0.6) is 0 Å². The molecule has 2 aromatic heterocycles. The highest BCUT2D eigenvalue weighted by Crippen LogP contribution is 2.28. The van der Waals surface area contributed by atoms with Crippen LogP contribution in [-0.2, 0) is 16.0 Å². The number of ether oxygens (including phenoxy) is 1. The summed E-state index contributed by atoms with van der Waals surface area (Å²) < 4.78 is 4.96. The van der Waals surface area contributed by atoms with Gasteiger partial charge in [-0.15, -0.1) is 11.3 Å². The average molecular weight is 385 g/mol. The van der Waals surface area contributed by atoms with E-state index in [-0.39, 0.29) is 11.1 Å². The number of aromatic amines is 1. The molecule has 0 saturated heterocycles. The lowest BCUT2D eigenvalue weighted by Gasteiger charge is -2.09. The second-order valence-corrected chi connectivity index (χ2v) is 7.32. The molecule has 1 aromatic carbocycles. The molecule has 8 heteroatoms. The first-order valence-electron chi connectivity index (χ1n) is 8.44. The number of benzene rings is 1. The lowest BCUT2D eigenvalue weighted by Crippen LogP contribution is -2.30. The number of hydrogen-bond acceptors (Lipinski definition) is 6.